The molecule has 0 aliphatic heterocycles. The molecule has 0 unspecified atom stereocenters. The number of carbonyl (C=O) groups is 1. The molecule has 0 fully saturated rings. The second-order valence-electron chi connectivity index (χ2n) is 6.95. The molecule has 2 aromatic heterocycles. The number of carbonyl (C=O) groups excluding carboxylic acids is 1. The number of nitrogens with zero attached hydrogens (tertiary/aromatic N) is 4. The number of hydrogen-bond donors (Lipinski definition) is 1. The summed E-state index contributed by atoms with van der Waals surface area (Å²) in [4.78, 5) is 16.0. The standard InChI is InChI=1S/C23H23N5O2/c29-21(25-13-4-15-28-16-14-24-17-28)11-12-22-26-27-23(30-22)20-9-7-19(8-10-20)18-5-2-1-3-6-18/h1-3,5-10,14,16-17H,4,11-13,15H2,(H,25,29). The number of rotatable bonds is 9. The Morgan fingerprint density at radius 1 is 0.967 bits per heavy atom. The van der Waals surface area contributed by atoms with E-state index in [1.807, 2.05) is 53.2 Å². The smallest absolute Gasteiger partial charge is 0.247 e. The number of imidazole rings is 1. The lowest BCUT2D eigenvalue weighted by Gasteiger charge is -2.04. The quantitative estimate of drug-likeness (QED) is 0.432. The first-order chi connectivity index (χ1) is 14.8. The zero-order chi connectivity index (χ0) is 20.6. The van der Waals surface area contributed by atoms with Gasteiger partial charge in [-0.3, -0.25) is 4.79 Å². The van der Waals surface area contributed by atoms with Crippen LogP contribution in [0, 0.1) is 0 Å². The van der Waals surface area contributed by atoms with Gasteiger partial charge in [0.25, 0.3) is 0 Å². The molecule has 0 aliphatic rings. The van der Waals surface area contributed by atoms with Crippen molar-refractivity contribution in [2.24, 2.45) is 0 Å². The molecule has 0 radical (unpaired) electrons. The largest absolute Gasteiger partial charge is 0.421 e. The number of benzene rings is 2. The number of hydrogen-bond acceptors (Lipinski definition) is 5. The summed E-state index contributed by atoms with van der Waals surface area (Å²) in [6.45, 7) is 1.45. The molecule has 4 aromatic rings. The van der Waals surface area contributed by atoms with E-state index in [0.717, 1.165) is 29.7 Å². The summed E-state index contributed by atoms with van der Waals surface area (Å²) in [5.74, 6) is 0.906. The third-order valence-electron chi connectivity index (χ3n) is 4.75. The van der Waals surface area contributed by atoms with Crippen LogP contribution in [0.2, 0.25) is 0 Å². The van der Waals surface area contributed by atoms with Crippen molar-refractivity contribution in [3.05, 3.63) is 79.2 Å². The SMILES string of the molecule is O=C(CCc1nnc(-c2ccc(-c3ccccc3)cc2)o1)NCCCn1ccnc1. The molecule has 0 aliphatic carbocycles. The van der Waals surface area contributed by atoms with Gasteiger partial charge in [-0.2, -0.15) is 0 Å². The number of aromatic nitrogens is 4. The zero-order valence-electron chi connectivity index (χ0n) is 16.6. The van der Waals surface area contributed by atoms with Gasteiger partial charge in [0.15, 0.2) is 0 Å². The number of amides is 1. The van der Waals surface area contributed by atoms with E-state index in [1.165, 1.54) is 0 Å². The third kappa shape index (κ3) is 5.20. The highest BCUT2D eigenvalue weighted by molar-refractivity contribution is 5.76. The van der Waals surface area contributed by atoms with Gasteiger partial charge >= 0.3 is 0 Å². The van der Waals surface area contributed by atoms with E-state index in [4.69, 9.17) is 4.42 Å². The Morgan fingerprint density at radius 3 is 2.50 bits per heavy atom. The van der Waals surface area contributed by atoms with Crippen molar-refractivity contribution >= 4 is 5.91 Å². The minimum atomic E-state index is -0.0207. The molecule has 1 amide bonds. The van der Waals surface area contributed by atoms with Gasteiger partial charge in [-0.1, -0.05) is 42.5 Å². The molecule has 0 spiro atoms. The molecular weight excluding hydrogens is 378 g/mol. The van der Waals surface area contributed by atoms with E-state index in [0.29, 0.717) is 31.2 Å². The van der Waals surface area contributed by atoms with Crippen molar-refractivity contribution in [2.75, 3.05) is 6.54 Å². The Morgan fingerprint density at radius 2 is 1.73 bits per heavy atom. The Balaban J connectivity index is 1.24. The minimum absolute atomic E-state index is 0.0207. The van der Waals surface area contributed by atoms with E-state index in [9.17, 15) is 4.79 Å². The van der Waals surface area contributed by atoms with Crippen molar-refractivity contribution < 1.29 is 9.21 Å². The molecule has 152 valence electrons. The lowest BCUT2D eigenvalue weighted by molar-refractivity contribution is -0.121. The number of aryl methyl sites for hydroxylation is 2. The van der Waals surface area contributed by atoms with Crippen molar-refractivity contribution in [2.45, 2.75) is 25.8 Å². The minimum Gasteiger partial charge on any atom is -0.421 e. The van der Waals surface area contributed by atoms with Gasteiger partial charge in [0, 0.05) is 43.9 Å². The van der Waals surface area contributed by atoms with Crippen LogP contribution in [-0.4, -0.2) is 32.2 Å². The highest BCUT2D eigenvalue weighted by atomic mass is 16.4. The van der Waals surface area contributed by atoms with Gasteiger partial charge in [0.05, 0.1) is 6.33 Å². The molecule has 30 heavy (non-hydrogen) atoms. The first-order valence-corrected chi connectivity index (χ1v) is 9.98. The molecule has 0 atom stereocenters. The van der Waals surface area contributed by atoms with Crippen LogP contribution < -0.4 is 5.32 Å². The predicted octanol–water partition coefficient (Wildman–Crippen LogP) is 3.74. The maximum atomic E-state index is 12.0. The molecule has 0 bridgehead atoms. The van der Waals surface area contributed by atoms with Crippen LogP contribution in [0.3, 0.4) is 0 Å². The van der Waals surface area contributed by atoms with Crippen LogP contribution in [0.25, 0.3) is 22.6 Å². The maximum Gasteiger partial charge on any atom is 0.247 e. The summed E-state index contributed by atoms with van der Waals surface area (Å²) in [5, 5.41) is 11.1. The fourth-order valence-corrected chi connectivity index (χ4v) is 3.12. The van der Waals surface area contributed by atoms with Gasteiger partial charge in [-0.25, -0.2) is 4.98 Å². The fraction of sp³-hybridized carbons (Fsp3) is 0.217. The van der Waals surface area contributed by atoms with E-state index in [2.05, 4.69) is 32.6 Å². The van der Waals surface area contributed by atoms with Crippen LogP contribution in [0.4, 0.5) is 0 Å². The van der Waals surface area contributed by atoms with E-state index >= 15 is 0 Å². The lowest BCUT2D eigenvalue weighted by Crippen LogP contribution is -2.25. The monoisotopic (exact) mass is 401 g/mol. The van der Waals surface area contributed by atoms with Crippen molar-refractivity contribution in [3.8, 4) is 22.6 Å². The molecule has 7 nitrogen and oxygen atoms in total. The first kappa shape index (κ1) is 19.6. The predicted molar refractivity (Wildman–Crippen MR) is 113 cm³/mol. The Hall–Kier alpha value is -3.74. The normalized spacial score (nSPS) is 10.8. The third-order valence-corrected chi connectivity index (χ3v) is 4.75. The average Bonchev–Trinajstić information content (AvgIpc) is 3.48. The second-order valence-corrected chi connectivity index (χ2v) is 6.95. The highest BCUT2D eigenvalue weighted by Gasteiger charge is 2.11. The summed E-state index contributed by atoms with van der Waals surface area (Å²) in [7, 11) is 0. The summed E-state index contributed by atoms with van der Waals surface area (Å²) < 4.78 is 7.71. The first-order valence-electron chi connectivity index (χ1n) is 9.98. The van der Waals surface area contributed by atoms with Gasteiger partial charge in [-0.05, 0) is 29.7 Å². The van der Waals surface area contributed by atoms with Gasteiger partial charge in [0.1, 0.15) is 0 Å². The molecule has 4 rings (SSSR count). The second kappa shape index (κ2) is 9.65. The molecular formula is C23H23N5O2. The summed E-state index contributed by atoms with van der Waals surface area (Å²) >= 11 is 0. The van der Waals surface area contributed by atoms with Crippen molar-refractivity contribution in [3.63, 3.8) is 0 Å². The molecule has 2 aromatic carbocycles. The van der Waals surface area contributed by atoms with Crippen LogP contribution in [0.1, 0.15) is 18.7 Å². The van der Waals surface area contributed by atoms with E-state index in [-0.39, 0.29) is 5.91 Å². The lowest BCUT2D eigenvalue weighted by atomic mass is 10.0. The average molecular weight is 401 g/mol. The molecule has 1 N–H and O–H groups in total. The van der Waals surface area contributed by atoms with Crippen LogP contribution >= 0.6 is 0 Å². The number of nitrogens with one attached hydrogen (secondary N) is 1. The molecule has 7 heteroatoms. The van der Waals surface area contributed by atoms with Gasteiger partial charge < -0.3 is 14.3 Å². The Bertz CT molecular complexity index is 1060. The Labute approximate surface area is 174 Å². The van der Waals surface area contributed by atoms with E-state index < -0.39 is 0 Å². The van der Waals surface area contributed by atoms with Crippen molar-refractivity contribution in [1.29, 1.82) is 0 Å². The van der Waals surface area contributed by atoms with Crippen LogP contribution in [-0.2, 0) is 17.8 Å². The summed E-state index contributed by atoms with van der Waals surface area (Å²) in [6.07, 6.45) is 7.01. The van der Waals surface area contributed by atoms with Crippen molar-refractivity contribution in [1.82, 2.24) is 25.1 Å². The molecule has 0 saturated carbocycles. The Kier molecular flexibility index (Phi) is 6.29. The van der Waals surface area contributed by atoms with Crippen LogP contribution in [0.15, 0.2) is 77.7 Å². The highest BCUT2D eigenvalue weighted by Crippen LogP contribution is 2.24. The zero-order valence-corrected chi connectivity index (χ0v) is 16.6. The fourth-order valence-electron chi connectivity index (χ4n) is 3.12. The topological polar surface area (TPSA) is 85.8 Å². The summed E-state index contributed by atoms with van der Waals surface area (Å²) in [5.41, 5.74) is 3.15. The van der Waals surface area contributed by atoms with Gasteiger partial charge in [0.2, 0.25) is 17.7 Å². The molecule has 2 heterocycles. The van der Waals surface area contributed by atoms with Gasteiger partial charge in [-0.15, -0.1) is 10.2 Å². The summed E-state index contributed by atoms with van der Waals surface area (Å²) in [6, 6.07) is 18.2. The molecule has 0 saturated heterocycles. The van der Waals surface area contributed by atoms with Crippen LogP contribution in [0.5, 0.6) is 0 Å². The maximum absolute atomic E-state index is 12.0. The van der Waals surface area contributed by atoms with E-state index in [1.54, 1.807) is 12.5 Å².